The van der Waals surface area contributed by atoms with E-state index in [0.717, 1.165) is 40.8 Å². The van der Waals surface area contributed by atoms with Crippen molar-refractivity contribution in [1.82, 2.24) is 9.55 Å². The summed E-state index contributed by atoms with van der Waals surface area (Å²) in [5, 5.41) is 9.62. The fourth-order valence-corrected chi connectivity index (χ4v) is 3.89. The molecule has 0 saturated carbocycles. The molecule has 5 heteroatoms. The number of rotatable bonds is 7. The maximum absolute atomic E-state index is 12.3. The first-order chi connectivity index (χ1) is 13.8. The topological polar surface area (TPSA) is 64.4 Å². The number of fused-ring (bicyclic) bond motifs is 1. The van der Waals surface area contributed by atoms with Gasteiger partial charge in [-0.1, -0.05) is 30.3 Å². The Kier molecular flexibility index (Phi) is 5.53. The minimum Gasteiger partial charge on any atom is -0.484 e. The number of aliphatic hydroxyl groups is 1. The van der Waals surface area contributed by atoms with E-state index in [-0.39, 0.29) is 18.5 Å². The highest BCUT2D eigenvalue weighted by Crippen LogP contribution is 2.34. The van der Waals surface area contributed by atoms with Crippen LogP contribution in [0.4, 0.5) is 0 Å². The zero-order valence-corrected chi connectivity index (χ0v) is 15.8. The molecule has 1 heterocycles. The van der Waals surface area contributed by atoms with Crippen molar-refractivity contribution in [3.8, 4) is 5.75 Å². The van der Waals surface area contributed by atoms with Crippen LogP contribution in [0.5, 0.6) is 5.75 Å². The average molecular weight is 376 g/mol. The van der Waals surface area contributed by atoms with Gasteiger partial charge in [0.2, 0.25) is 0 Å². The van der Waals surface area contributed by atoms with Crippen molar-refractivity contribution in [3.05, 3.63) is 83.4 Å². The van der Waals surface area contributed by atoms with Gasteiger partial charge in [-0.25, -0.2) is 4.98 Å². The molecule has 0 saturated heterocycles. The number of hydrogen-bond donors (Lipinski definition) is 1. The van der Waals surface area contributed by atoms with Crippen LogP contribution >= 0.6 is 0 Å². The summed E-state index contributed by atoms with van der Waals surface area (Å²) in [7, 11) is 0. The average Bonchev–Trinajstić information content (AvgIpc) is 3.23. The number of ketones is 1. The molecule has 3 aromatic rings. The lowest BCUT2D eigenvalue weighted by Gasteiger charge is -2.25. The second-order valence-corrected chi connectivity index (χ2v) is 7.10. The highest BCUT2D eigenvalue weighted by atomic mass is 16.5. The number of carbonyl (C=O) groups is 1. The van der Waals surface area contributed by atoms with E-state index in [1.165, 1.54) is 0 Å². The molecule has 144 valence electrons. The third-order valence-electron chi connectivity index (χ3n) is 5.26. The van der Waals surface area contributed by atoms with Gasteiger partial charge in [0.25, 0.3) is 0 Å². The third kappa shape index (κ3) is 3.85. The van der Waals surface area contributed by atoms with Crippen LogP contribution in [-0.2, 0) is 19.4 Å². The van der Waals surface area contributed by atoms with Gasteiger partial charge in [-0.15, -0.1) is 0 Å². The fraction of sp³-hybridized carbons (Fsp3) is 0.304. The van der Waals surface area contributed by atoms with E-state index in [1.54, 1.807) is 12.5 Å². The Morgan fingerprint density at radius 3 is 2.75 bits per heavy atom. The molecule has 1 aromatic heterocycles. The molecule has 1 aliphatic carbocycles. The Labute approximate surface area is 164 Å². The van der Waals surface area contributed by atoms with E-state index in [9.17, 15) is 9.90 Å². The van der Waals surface area contributed by atoms with Crippen molar-refractivity contribution in [2.75, 3.05) is 6.61 Å². The molecule has 0 bridgehead atoms. The SMILES string of the molecule is O=C1CCCc2c1ccc(O[C@H](Cn1ccnc1)c1ccccc1)c2CCO. The fourth-order valence-electron chi connectivity index (χ4n) is 3.89. The molecule has 4 rings (SSSR count). The van der Waals surface area contributed by atoms with E-state index < -0.39 is 0 Å². The summed E-state index contributed by atoms with van der Waals surface area (Å²) in [6.07, 6.45) is 8.03. The first-order valence-corrected chi connectivity index (χ1v) is 9.72. The summed E-state index contributed by atoms with van der Waals surface area (Å²) in [6, 6.07) is 13.9. The predicted octanol–water partition coefficient (Wildman–Crippen LogP) is 3.76. The van der Waals surface area contributed by atoms with Crippen LogP contribution in [-0.4, -0.2) is 27.0 Å². The molecule has 0 fully saturated rings. The van der Waals surface area contributed by atoms with Gasteiger partial charge in [-0.05, 0) is 42.5 Å². The molecule has 0 radical (unpaired) electrons. The lowest BCUT2D eigenvalue weighted by Crippen LogP contribution is -2.18. The number of Topliss-reactive ketones (excluding diaryl/α,β-unsaturated/α-hetero) is 1. The summed E-state index contributed by atoms with van der Waals surface area (Å²) in [5.74, 6) is 0.932. The Morgan fingerprint density at radius 1 is 1.14 bits per heavy atom. The highest BCUT2D eigenvalue weighted by Gasteiger charge is 2.24. The van der Waals surface area contributed by atoms with Gasteiger partial charge in [0.1, 0.15) is 11.9 Å². The minimum absolute atomic E-state index is 0.0263. The predicted molar refractivity (Wildman–Crippen MR) is 107 cm³/mol. The van der Waals surface area contributed by atoms with Crippen LogP contribution in [0.3, 0.4) is 0 Å². The summed E-state index contributed by atoms with van der Waals surface area (Å²) >= 11 is 0. The zero-order valence-electron chi connectivity index (χ0n) is 15.8. The monoisotopic (exact) mass is 376 g/mol. The van der Waals surface area contributed by atoms with Gasteiger partial charge >= 0.3 is 0 Å². The van der Waals surface area contributed by atoms with Gasteiger partial charge in [-0.3, -0.25) is 4.79 Å². The Bertz CT molecular complexity index is 936. The van der Waals surface area contributed by atoms with Crippen molar-refractivity contribution < 1.29 is 14.6 Å². The lowest BCUT2D eigenvalue weighted by molar-refractivity contribution is 0.0972. The third-order valence-corrected chi connectivity index (χ3v) is 5.26. The van der Waals surface area contributed by atoms with Gasteiger partial charge in [0.15, 0.2) is 5.78 Å². The van der Waals surface area contributed by atoms with E-state index >= 15 is 0 Å². The number of ether oxygens (including phenoxy) is 1. The Morgan fingerprint density at radius 2 is 2.00 bits per heavy atom. The standard InChI is InChI=1S/C23H24N2O3/c26-14-11-20-18-7-4-8-21(27)19(18)9-10-22(20)28-23(15-25-13-12-24-16-25)17-5-2-1-3-6-17/h1-3,5-6,9-10,12-13,16,23,26H,4,7-8,11,14-15H2/t23-/m1/s1. The second kappa shape index (κ2) is 8.40. The second-order valence-electron chi connectivity index (χ2n) is 7.10. The lowest BCUT2D eigenvalue weighted by atomic mass is 9.86. The quantitative estimate of drug-likeness (QED) is 0.682. The van der Waals surface area contributed by atoms with Gasteiger partial charge in [-0.2, -0.15) is 0 Å². The molecule has 0 unspecified atom stereocenters. The van der Waals surface area contributed by atoms with E-state index in [1.807, 2.05) is 41.1 Å². The molecule has 0 aliphatic heterocycles. The maximum atomic E-state index is 12.3. The molecule has 1 N–H and O–H groups in total. The largest absolute Gasteiger partial charge is 0.484 e. The molecule has 0 spiro atoms. The molecule has 1 atom stereocenters. The van der Waals surface area contributed by atoms with Crippen molar-refractivity contribution >= 4 is 5.78 Å². The first-order valence-electron chi connectivity index (χ1n) is 9.72. The molecular weight excluding hydrogens is 352 g/mol. The highest BCUT2D eigenvalue weighted by molar-refractivity contribution is 5.99. The van der Waals surface area contributed by atoms with E-state index in [2.05, 4.69) is 17.1 Å². The molecule has 5 nitrogen and oxygen atoms in total. The maximum Gasteiger partial charge on any atom is 0.163 e. The molecule has 1 aliphatic rings. The number of aliphatic hydroxyl groups excluding tert-OH is 1. The molecular formula is C23H24N2O3. The van der Waals surface area contributed by atoms with Crippen LogP contribution in [0.25, 0.3) is 0 Å². The first kappa shape index (κ1) is 18.4. The van der Waals surface area contributed by atoms with Gasteiger partial charge < -0.3 is 14.4 Å². The molecule has 0 amide bonds. The smallest absolute Gasteiger partial charge is 0.163 e. The zero-order chi connectivity index (χ0) is 19.3. The van der Waals surface area contributed by atoms with Crippen molar-refractivity contribution in [3.63, 3.8) is 0 Å². The van der Waals surface area contributed by atoms with Crippen LogP contribution in [0.2, 0.25) is 0 Å². The van der Waals surface area contributed by atoms with Crippen LogP contribution in [0.1, 0.15) is 46.0 Å². The Hall–Kier alpha value is -2.92. The normalized spacial score (nSPS) is 14.5. The van der Waals surface area contributed by atoms with Gasteiger partial charge in [0, 0.05) is 36.5 Å². The molecule has 2 aromatic carbocycles. The van der Waals surface area contributed by atoms with Crippen molar-refractivity contribution in [1.29, 1.82) is 0 Å². The summed E-state index contributed by atoms with van der Waals surface area (Å²) in [5.41, 5.74) is 3.85. The number of nitrogens with zero attached hydrogens (tertiary/aromatic N) is 2. The number of imidazole rings is 1. The van der Waals surface area contributed by atoms with E-state index in [0.29, 0.717) is 19.4 Å². The molecule has 28 heavy (non-hydrogen) atoms. The van der Waals surface area contributed by atoms with Crippen molar-refractivity contribution in [2.45, 2.75) is 38.3 Å². The summed E-state index contributed by atoms with van der Waals surface area (Å²) < 4.78 is 8.48. The van der Waals surface area contributed by atoms with Crippen LogP contribution < -0.4 is 4.74 Å². The summed E-state index contributed by atoms with van der Waals surface area (Å²) in [4.78, 5) is 16.4. The van der Waals surface area contributed by atoms with E-state index in [4.69, 9.17) is 4.74 Å². The number of carbonyl (C=O) groups excluding carboxylic acids is 1. The van der Waals surface area contributed by atoms with Crippen LogP contribution in [0, 0.1) is 0 Å². The minimum atomic E-state index is -0.204. The van der Waals surface area contributed by atoms with Crippen molar-refractivity contribution in [2.24, 2.45) is 0 Å². The number of aromatic nitrogens is 2. The van der Waals surface area contributed by atoms with Crippen LogP contribution in [0.15, 0.2) is 61.2 Å². The number of benzene rings is 2. The Balaban J connectivity index is 1.70. The number of hydrogen-bond acceptors (Lipinski definition) is 4. The van der Waals surface area contributed by atoms with Gasteiger partial charge in [0.05, 0.1) is 12.9 Å². The summed E-state index contributed by atoms with van der Waals surface area (Å²) in [6.45, 7) is 0.650.